The van der Waals surface area contributed by atoms with E-state index in [1.165, 1.54) is 9.91 Å². The van der Waals surface area contributed by atoms with Crippen LogP contribution in [0.25, 0.3) is 0 Å². The first-order chi connectivity index (χ1) is 19.7. The second-order valence-corrected chi connectivity index (χ2v) is 12.4. The number of nitrogens with zero attached hydrogens (tertiary/aromatic N) is 4. The first kappa shape index (κ1) is 33.1. The first-order valence-corrected chi connectivity index (χ1v) is 18.2. The Bertz CT molecular complexity index is 1120. The van der Waals surface area contributed by atoms with E-state index in [2.05, 4.69) is 45.9 Å². The van der Waals surface area contributed by atoms with Crippen molar-refractivity contribution in [2.45, 2.75) is 64.2 Å². The Labute approximate surface area is 265 Å². The van der Waals surface area contributed by atoms with Crippen LogP contribution in [-0.2, 0) is 20.9 Å². The molecule has 4 amide bonds. The molecule has 0 spiro atoms. The van der Waals surface area contributed by atoms with Gasteiger partial charge in [-0.15, -0.1) is 0 Å². The number of urea groups is 1. The van der Waals surface area contributed by atoms with Crippen molar-refractivity contribution in [2.24, 2.45) is 0 Å². The molecule has 2 aliphatic rings. The maximum atomic E-state index is 13.8. The van der Waals surface area contributed by atoms with Crippen LogP contribution in [0.4, 0.5) is 4.79 Å². The quantitative estimate of drug-likeness (QED) is 0.157. The van der Waals surface area contributed by atoms with Gasteiger partial charge in [0.15, 0.2) is 0 Å². The SMILES string of the molecule is C=ICOc1ccc(CNC(=O)N2[C@H]3CN(CCCCCC)C(=O)[C@H](CCC(=O)O)N3C(=O)CN2C(=C)CI)cc1. The topological polar surface area (TPSA) is 123 Å². The van der Waals surface area contributed by atoms with Gasteiger partial charge in [-0.2, -0.15) is 0 Å². The number of fused-ring (bicyclic) bond motifs is 1. The number of carbonyl (C=O) groups is 4. The lowest BCUT2D eigenvalue weighted by Crippen LogP contribution is -2.76. The number of hydrazine groups is 1. The van der Waals surface area contributed by atoms with E-state index in [1.54, 1.807) is 9.91 Å². The van der Waals surface area contributed by atoms with Gasteiger partial charge in [0.25, 0.3) is 0 Å². The molecule has 41 heavy (non-hydrogen) atoms. The normalized spacial score (nSPS) is 18.8. The van der Waals surface area contributed by atoms with Crippen LogP contribution in [-0.4, -0.2) is 94.1 Å². The van der Waals surface area contributed by atoms with Crippen LogP contribution < -0.4 is 10.1 Å². The van der Waals surface area contributed by atoms with Crippen LogP contribution in [0.3, 0.4) is 0 Å². The zero-order valence-electron chi connectivity index (χ0n) is 23.4. The van der Waals surface area contributed by atoms with Crippen LogP contribution >= 0.6 is 43.3 Å². The van der Waals surface area contributed by atoms with Crippen molar-refractivity contribution < 1.29 is 29.0 Å². The molecule has 0 saturated carbocycles. The first-order valence-electron chi connectivity index (χ1n) is 13.7. The smallest absolute Gasteiger partial charge is 0.338 e. The molecule has 0 bridgehead atoms. The number of amides is 4. The van der Waals surface area contributed by atoms with Crippen molar-refractivity contribution in [3.63, 3.8) is 0 Å². The summed E-state index contributed by atoms with van der Waals surface area (Å²) in [5, 5.41) is 15.4. The number of alkyl halides is 2. The molecule has 11 nitrogen and oxygen atoms in total. The number of aliphatic carboxylic acids is 1. The molecule has 13 heteroatoms. The maximum absolute atomic E-state index is 13.8. The molecule has 0 unspecified atom stereocenters. The van der Waals surface area contributed by atoms with Crippen molar-refractivity contribution in [1.82, 2.24) is 25.1 Å². The molecule has 0 aliphatic carbocycles. The van der Waals surface area contributed by atoms with Crippen molar-refractivity contribution in [1.29, 1.82) is 0 Å². The van der Waals surface area contributed by atoms with E-state index >= 15 is 0 Å². The number of piperazine rings is 1. The van der Waals surface area contributed by atoms with Crippen molar-refractivity contribution in [3.8, 4) is 5.75 Å². The zero-order valence-corrected chi connectivity index (χ0v) is 27.7. The number of halogens is 2. The average Bonchev–Trinajstić information content (AvgIpc) is 2.96. The van der Waals surface area contributed by atoms with Crippen LogP contribution in [0.1, 0.15) is 51.0 Å². The Hall–Kier alpha value is -2.43. The summed E-state index contributed by atoms with van der Waals surface area (Å²) in [6, 6.07) is 6.07. The van der Waals surface area contributed by atoms with E-state index < -0.39 is 24.2 Å². The molecule has 1 aromatic carbocycles. The highest BCUT2D eigenvalue weighted by molar-refractivity contribution is 14.2. The van der Waals surface area contributed by atoms with Crippen molar-refractivity contribution in [3.05, 3.63) is 42.1 Å². The summed E-state index contributed by atoms with van der Waals surface area (Å²) in [5.41, 5.74) is 1.45. The summed E-state index contributed by atoms with van der Waals surface area (Å²) in [4.78, 5) is 55.3. The number of ether oxygens (including phenoxy) is 1. The summed E-state index contributed by atoms with van der Waals surface area (Å²) in [7, 11) is 0. The van der Waals surface area contributed by atoms with E-state index in [0.717, 1.165) is 37.0 Å². The minimum atomic E-state index is -1.04. The number of hydrogen-bond donors (Lipinski definition) is 2. The number of unbranched alkanes of at least 4 members (excludes halogenated alkanes) is 3. The predicted octanol–water partition coefficient (Wildman–Crippen LogP) is 3.93. The minimum Gasteiger partial charge on any atom is -0.484 e. The number of carboxylic acid groups (broad SMARTS) is 1. The van der Waals surface area contributed by atoms with Crippen LogP contribution in [0.5, 0.6) is 5.75 Å². The summed E-state index contributed by atoms with van der Waals surface area (Å²) in [6.45, 7) is 6.89. The Morgan fingerprint density at radius 2 is 1.93 bits per heavy atom. The zero-order chi connectivity index (χ0) is 29.9. The van der Waals surface area contributed by atoms with Crippen molar-refractivity contribution >= 4 is 71.7 Å². The van der Waals surface area contributed by atoms with Gasteiger partial charge in [0.1, 0.15) is 29.1 Å². The van der Waals surface area contributed by atoms with Crippen LogP contribution in [0.2, 0.25) is 0 Å². The van der Waals surface area contributed by atoms with Gasteiger partial charge in [-0.3, -0.25) is 19.4 Å². The number of nitrogens with one attached hydrogen (secondary N) is 1. The van der Waals surface area contributed by atoms with E-state index in [-0.39, 0.29) is 65.0 Å². The van der Waals surface area contributed by atoms with Gasteiger partial charge < -0.3 is 25.0 Å². The van der Waals surface area contributed by atoms with Crippen molar-refractivity contribution in [2.75, 3.05) is 28.7 Å². The standard InChI is InChI=1S/C28H39I2N5O6/c1-4-5-6-7-14-32-17-24-34(23(27(32)39)12-13-26(37)38)25(36)18-33(20(2)15-29)35(24)28(40)31-16-21-8-10-22(11-9-21)41-19-30-3/h8-11,23-24H,2-7,12-19H2,1H3,(H,31,40)(H,37,38)/t23-,24-/m0/s1. The Morgan fingerprint density at radius 3 is 2.56 bits per heavy atom. The Balaban J connectivity index is 1.87. The maximum Gasteiger partial charge on any atom is 0.338 e. The number of allylic oxidation sites excluding steroid dienone is 1. The largest absolute Gasteiger partial charge is 0.484 e. The third kappa shape index (κ3) is 8.78. The van der Waals surface area contributed by atoms with Gasteiger partial charge in [-0.1, -0.05) is 92.7 Å². The number of benzene rings is 1. The molecule has 2 heterocycles. The lowest BCUT2D eigenvalue weighted by molar-refractivity contribution is -0.186. The second kappa shape index (κ2) is 16.3. The molecule has 2 atom stereocenters. The van der Waals surface area contributed by atoms with Gasteiger partial charge >= 0.3 is 12.0 Å². The number of rotatable bonds is 15. The van der Waals surface area contributed by atoms with E-state index in [1.807, 2.05) is 24.3 Å². The average molecular weight is 795 g/mol. The second-order valence-electron chi connectivity index (χ2n) is 9.92. The third-order valence-corrected chi connectivity index (χ3v) is 8.69. The van der Waals surface area contributed by atoms with Crippen LogP contribution in [0, 0.1) is 0 Å². The third-order valence-electron chi connectivity index (χ3n) is 7.06. The summed E-state index contributed by atoms with van der Waals surface area (Å²) >= 11 is 1.91. The lowest BCUT2D eigenvalue weighted by atomic mass is 10.0. The molecule has 0 aromatic heterocycles. The number of carboxylic acids is 1. The van der Waals surface area contributed by atoms with E-state index in [9.17, 15) is 24.3 Å². The molecule has 2 saturated heterocycles. The minimum absolute atomic E-state index is 0.0188. The van der Waals surface area contributed by atoms with E-state index in [0.29, 0.717) is 21.3 Å². The highest BCUT2D eigenvalue weighted by Crippen LogP contribution is 2.30. The van der Waals surface area contributed by atoms with Gasteiger partial charge in [0.05, 0.1) is 6.54 Å². The van der Waals surface area contributed by atoms with Gasteiger partial charge in [-0.25, -0.2) is 9.80 Å². The highest BCUT2D eigenvalue weighted by atomic mass is 127. The van der Waals surface area contributed by atoms with Crippen LogP contribution in [0.15, 0.2) is 36.5 Å². The molecule has 1 aromatic rings. The number of carbonyl (C=O) groups excluding carboxylic acids is 3. The summed E-state index contributed by atoms with van der Waals surface area (Å²) in [5.74, 6) is -0.897. The molecular formula is C28H39I2N5O6. The van der Waals surface area contributed by atoms with Gasteiger partial charge in [0.2, 0.25) is 11.8 Å². The molecule has 2 aliphatic heterocycles. The summed E-state index contributed by atoms with van der Waals surface area (Å²) in [6.07, 6.45) is 2.77. The highest BCUT2D eigenvalue weighted by Gasteiger charge is 2.51. The monoisotopic (exact) mass is 795 g/mol. The molecule has 2 fully saturated rings. The Kier molecular flexibility index (Phi) is 13.1. The molecule has 226 valence electrons. The predicted molar refractivity (Wildman–Crippen MR) is 174 cm³/mol. The fraction of sp³-hybridized carbons (Fsp3) is 0.536. The molecule has 3 rings (SSSR count). The molecule has 2 N–H and O–H groups in total. The summed E-state index contributed by atoms with van der Waals surface area (Å²) < 4.78 is 10.6. The fourth-order valence-corrected chi connectivity index (χ4v) is 5.96. The fourth-order valence-electron chi connectivity index (χ4n) is 4.99. The van der Waals surface area contributed by atoms with E-state index in [4.69, 9.17) is 4.74 Å². The van der Waals surface area contributed by atoms with Gasteiger partial charge in [0, 0.05) is 29.6 Å². The van der Waals surface area contributed by atoms with Gasteiger partial charge in [-0.05, 0) is 30.5 Å². The molecular weight excluding hydrogens is 756 g/mol. The Morgan fingerprint density at radius 1 is 1.20 bits per heavy atom. The lowest BCUT2D eigenvalue weighted by Gasteiger charge is -2.55. The number of hydrogen-bond acceptors (Lipinski definition) is 6. The molecule has 0 radical (unpaired) electrons.